The molecule has 0 bridgehead atoms. The number of rotatable bonds is 0. The number of hydrogen-bond donors (Lipinski definition) is 1. The van der Waals surface area contributed by atoms with Gasteiger partial charge < -0.3 is 4.98 Å². The van der Waals surface area contributed by atoms with Gasteiger partial charge in [-0.2, -0.15) is 0 Å². The predicted molar refractivity (Wildman–Crippen MR) is 64.1 cm³/mol. The fraction of sp³-hybridized carbons (Fsp3) is 0.286. The van der Waals surface area contributed by atoms with Crippen molar-refractivity contribution >= 4 is 10.9 Å². The number of nitrogens with one attached hydrogen (secondary N) is 1. The smallest absolute Gasteiger partial charge is 0.0458 e. The molecule has 0 radical (unpaired) electrons. The molecule has 0 aliphatic heterocycles. The lowest BCUT2D eigenvalue weighted by atomic mass is 10.1. The molecule has 2 aromatic rings. The third-order valence-corrected chi connectivity index (χ3v) is 3.36. The average molecular weight is 197 g/mol. The second-order valence-corrected chi connectivity index (χ2v) is 4.38. The molecule has 1 aromatic carbocycles. The molecule has 1 heterocycles. The van der Waals surface area contributed by atoms with Crippen LogP contribution in [-0.4, -0.2) is 4.98 Å². The summed E-state index contributed by atoms with van der Waals surface area (Å²) in [4.78, 5) is 3.54. The maximum atomic E-state index is 4.10. The Kier molecular flexibility index (Phi) is 1.91. The van der Waals surface area contributed by atoms with Gasteiger partial charge in [-0.15, -0.1) is 0 Å². The monoisotopic (exact) mass is 197 g/mol. The summed E-state index contributed by atoms with van der Waals surface area (Å²) in [5.74, 6) is 0. The third kappa shape index (κ3) is 1.39. The standard InChI is InChI=1S/C14H15N/c1-10-6-8-12-11-4-2-3-5-13(11)15-14(12)9-7-10/h2-5,15H,1,6-9H2. The van der Waals surface area contributed by atoms with Gasteiger partial charge in [0.05, 0.1) is 0 Å². The maximum Gasteiger partial charge on any atom is 0.0458 e. The van der Waals surface area contributed by atoms with Crippen LogP contribution in [0.1, 0.15) is 24.1 Å². The van der Waals surface area contributed by atoms with Gasteiger partial charge in [0.25, 0.3) is 0 Å². The zero-order valence-electron chi connectivity index (χ0n) is 8.84. The molecular weight excluding hydrogens is 182 g/mol. The molecule has 76 valence electrons. The first kappa shape index (κ1) is 8.78. The van der Waals surface area contributed by atoms with Crippen LogP contribution in [0.25, 0.3) is 10.9 Å². The summed E-state index contributed by atoms with van der Waals surface area (Å²) in [5.41, 5.74) is 5.62. The van der Waals surface area contributed by atoms with E-state index in [4.69, 9.17) is 0 Å². The van der Waals surface area contributed by atoms with Crippen LogP contribution in [0.2, 0.25) is 0 Å². The molecule has 15 heavy (non-hydrogen) atoms. The Balaban J connectivity index is 2.19. The molecule has 0 atom stereocenters. The zero-order valence-corrected chi connectivity index (χ0v) is 8.84. The van der Waals surface area contributed by atoms with Crippen molar-refractivity contribution in [2.24, 2.45) is 0 Å². The lowest BCUT2D eigenvalue weighted by molar-refractivity contribution is 0.887. The molecule has 1 N–H and O–H groups in total. The van der Waals surface area contributed by atoms with Crippen LogP contribution < -0.4 is 0 Å². The number of allylic oxidation sites excluding steroid dienone is 1. The molecule has 0 saturated heterocycles. The van der Waals surface area contributed by atoms with Gasteiger partial charge in [0, 0.05) is 16.6 Å². The summed E-state index contributed by atoms with van der Waals surface area (Å²) in [6, 6.07) is 8.60. The summed E-state index contributed by atoms with van der Waals surface area (Å²) in [6.07, 6.45) is 4.57. The van der Waals surface area contributed by atoms with Crippen molar-refractivity contribution in [2.75, 3.05) is 0 Å². The SMILES string of the molecule is C=C1CCc2[nH]c3ccccc3c2CC1. The molecule has 0 fully saturated rings. The Morgan fingerprint density at radius 1 is 1.00 bits per heavy atom. The first-order valence-corrected chi connectivity index (χ1v) is 5.60. The Labute approximate surface area is 89.8 Å². The fourth-order valence-corrected chi connectivity index (χ4v) is 2.48. The van der Waals surface area contributed by atoms with Gasteiger partial charge in [0.15, 0.2) is 0 Å². The molecule has 1 aliphatic carbocycles. The van der Waals surface area contributed by atoms with Gasteiger partial charge >= 0.3 is 0 Å². The Morgan fingerprint density at radius 2 is 1.80 bits per heavy atom. The van der Waals surface area contributed by atoms with E-state index in [1.807, 2.05) is 0 Å². The van der Waals surface area contributed by atoms with Crippen molar-refractivity contribution < 1.29 is 0 Å². The molecule has 1 aliphatic rings. The van der Waals surface area contributed by atoms with Gasteiger partial charge in [-0.25, -0.2) is 0 Å². The highest BCUT2D eigenvalue weighted by atomic mass is 14.7. The van der Waals surface area contributed by atoms with E-state index in [2.05, 4.69) is 35.8 Å². The van der Waals surface area contributed by atoms with Gasteiger partial charge in [0.2, 0.25) is 0 Å². The Hall–Kier alpha value is -1.50. The number of H-pyrrole nitrogens is 1. The van der Waals surface area contributed by atoms with Gasteiger partial charge in [0.1, 0.15) is 0 Å². The second kappa shape index (κ2) is 3.27. The first-order chi connectivity index (χ1) is 7.34. The number of para-hydroxylation sites is 1. The largest absolute Gasteiger partial charge is 0.358 e. The molecule has 0 amide bonds. The molecule has 0 saturated carbocycles. The van der Waals surface area contributed by atoms with Crippen molar-refractivity contribution in [3.8, 4) is 0 Å². The number of aryl methyl sites for hydroxylation is 2. The van der Waals surface area contributed by atoms with Crippen molar-refractivity contribution in [2.45, 2.75) is 25.7 Å². The number of fused-ring (bicyclic) bond motifs is 3. The van der Waals surface area contributed by atoms with E-state index in [-0.39, 0.29) is 0 Å². The van der Waals surface area contributed by atoms with Crippen molar-refractivity contribution in [3.05, 3.63) is 47.7 Å². The minimum atomic E-state index is 1.13. The molecular formula is C14H15N. The van der Waals surface area contributed by atoms with E-state index in [0.29, 0.717) is 0 Å². The number of hydrogen-bond acceptors (Lipinski definition) is 0. The van der Waals surface area contributed by atoms with E-state index in [0.717, 1.165) is 25.7 Å². The van der Waals surface area contributed by atoms with Crippen LogP contribution in [0.3, 0.4) is 0 Å². The highest BCUT2D eigenvalue weighted by molar-refractivity contribution is 5.84. The summed E-state index contributed by atoms with van der Waals surface area (Å²) in [7, 11) is 0. The summed E-state index contributed by atoms with van der Waals surface area (Å²) in [5, 5.41) is 1.40. The molecule has 0 unspecified atom stereocenters. The van der Waals surface area contributed by atoms with Crippen LogP contribution in [0, 0.1) is 0 Å². The van der Waals surface area contributed by atoms with Gasteiger partial charge in [-0.05, 0) is 37.3 Å². The molecule has 1 aromatic heterocycles. The Morgan fingerprint density at radius 3 is 2.73 bits per heavy atom. The quantitative estimate of drug-likeness (QED) is 0.490. The van der Waals surface area contributed by atoms with Crippen molar-refractivity contribution in [1.82, 2.24) is 4.98 Å². The lowest BCUT2D eigenvalue weighted by Crippen LogP contribution is -1.86. The molecule has 0 spiro atoms. The van der Waals surface area contributed by atoms with Gasteiger partial charge in [-0.1, -0.05) is 30.4 Å². The Bertz CT molecular complexity index is 519. The predicted octanol–water partition coefficient (Wildman–Crippen LogP) is 3.60. The van der Waals surface area contributed by atoms with E-state index in [9.17, 15) is 0 Å². The number of aromatic amines is 1. The molecule has 1 heteroatoms. The van der Waals surface area contributed by atoms with Gasteiger partial charge in [-0.3, -0.25) is 0 Å². The lowest BCUT2D eigenvalue weighted by Gasteiger charge is -1.98. The van der Waals surface area contributed by atoms with E-state index < -0.39 is 0 Å². The average Bonchev–Trinajstić information content (AvgIpc) is 2.51. The minimum Gasteiger partial charge on any atom is -0.358 e. The summed E-state index contributed by atoms with van der Waals surface area (Å²) < 4.78 is 0. The highest BCUT2D eigenvalue weighted by Crippen LogP contribution is 2.29. The van der Waals surface area contributed by atoms with Crippen LogP contribution in [0.15, 0.2) is 36.4 Å². The second-order valence-electron chi connectivity index (χ2n) is 4.38. The minimum absolute atomic E-state index is 1.13. The molecule has 1 nitrogen and oxygen atoms in total. The summed E-state index contributed by atoms with van der Waals surface area (Å²) in [6.45, 7) is 4.10. The highest BCUT2D eigenvalue weighted by Gasteiger charge is 2.14. The van der Waals surface area contributed by atoms with Crippen molar-refractivity contribution in [1.29, 1.82) is 0 Å². The van der Waals surface area contributed by atoms with Crippen LogP contribution in [0.4, 0.5) is 0 Å². The first-order valence-electron chi connectivity index (χ1n) is 5.60. The van der Waals surface area contributed by atoms with E-state index in [1.54, 1.807) is 0 Å². The van der Waals surface area contributed by atoms with E-state index in [1.165, 1.54) is 27.7 Å². The topological polar surface area (TPSA) is 15.8 Å². The van der Waals surface area contributed by atoms with Crippen LogP contribution in [-0.2, 0) is 12.8 Å². The number of aromatic nitrogens is 1. The fourth-order valence-electron chi connectivity index (χ4n) is 2.48. The zero-order chi connectivity index (χ0) is 10.3. The maximum absolute atomic E-state index is 4.10. The molecule has 3 rings (SSSR count). The van der Waals surface area contributed by atoms with Crippen LogP contribution >= 0.6 is 0 Å². The van der Waals surface area contributed by atoms with E-state index >= 15 is 0 Å². The third-order valence-electron chi connectivity index (χ3n) is 3.36. The van der Waals surface area contributed by atoms with Crippen LogP contribution in [0.5, 0.6) is 0 Å². The summed E-state index contributed by atoms with van der Waals surface area (Å²) >= 11 is 0. The van der Waals surface area contributed by atoms with Crippen molar-refractivity contribution in [3.63, 3.8) is 0 Å². The number of benzene rings is 1. The normalized spacial score (nSPS) is 16.4.